The number of fused-ring (bicyclic) bond motifs is 1. The van der Waals surface area contributed by atoms with Crippen LogP contribution in [-0.4, -0.2) is 64.1 Å². The van der Waals surface area contributed by atoms with E-state index in [4.69, 9.17) is 4.74 Å². The van der Waals surface area contributed by atoms with Gasteiger partial charge >= 0.3 is 0 Å². The highest BCUT2D eigenvalue weighted by molar-refractivity contribution is 7.89. The van der Waals surface area contributed by atoms with E-state index in [-0.39, 0.29) is 16.9 Å². The van der Waals surface area contributed by atoms with Gasteiger partial charge in [-0.3, -0.25) is 0 Å². The Kier molecular flexibility index (Phi) is 4.73. The Morgan fingerprint density at radius 3 is 2.65 bits per heavy atom. The van der Waals surface area contributed by atoms with Crippen LogP contribution in [0, 0.1) is 17.7 Å². The number of rotatable bonds is 4. The van der Waals surface area contributed by atoms with Crippen molar-refractivity contribution in [3.05, 3.63) is 30.1 Å². The van der Waals surface area contributed by atoms with E-state index in [0.29, 0.717) is 25.6 Å². The monoisotopic (exact) mass is 342 g/mol. The van der Waals surface area contributed by atoms with Crippen LogP contribution < -0.4 is 0 Å². The molecule has 0 N–H and O–H groups in total. The van der Waals surface area contributed by atoms with Gasteiger partial charge in [-0.15, -0.1) is 0 Å². The van der Waals surface area contributed by atoms with Crippen LogP contribution in [0.5, 0.6) is 0 Å². The van der Waals surface area contributed by atoms with E-state index in [2.05, 4.69) is 4.90 Å². The fourth-order valence-electron chi connectivity index (χ4n) is 3.52. The Bertz CT molecular complexity index is 648. The molecule has 0 aromatic heterocycles. The van der Waals surface area contributed by atoms with Crippen LogP contribution in [0.25, 0.3) is 0 Å². The van der Waals surface area contributed by atoms with E-state index in [1.807, 2.05) is 14.1 Å². The van der Waals surface area contributed by atoms with Gasteiger partial charge < -0.3 is 9.64 Å². The third-order valence-corrected chi connectivity index (χ3v) is 6.65. The summed E-state index contributed by atoms with van der Waals surface area (Å²) in [6.45, 7) is 2.49. The number of benzene rings is 1. The summed E-state index contributed by atoms with van der Waals surface area (Å²) in [7, 11) is 0.413. The third-order valence-electron chi connectivity index (χ3n) is 4.77. The Morgan fingerprint density at radius 1 is 1.30 bits per heavy atom. The minimum absolute atomic E-state index is 0.0706. The first kappa shape index (κ1) is 16.8. The molecule has 2 fully saturated rings. The molecule has 7 heteroatoms. The van der Waals surface area contributed by atoms with Crippen molar-refractivity contribution in [2.24, 2.45) is 11.8 Å². The molecule has 2 saturated heterocycles. The minimum atomic E-state index is -3.57. The van der Waals surface area contributed by atoms with Crippen LogP contribution >= 0.6 is 0 Å². The molecule has 0 saturated carbocycles. The maximum atomic E-state index is 13.0. The molecule has 3 rings (SSSR count). The average molecular weight is 342 g/mol. The molecule has 0 amide bonds. The first-order valence-electron chi connectivity index (χ1n) is 7.90. The molecular weight excluding hydrogens is 319 g/mol. The summed E-state index contributed by atoms with van der Waals surface area (Å²) in [5, 5.41) is 0. The van der Waals surface area contributed by atoms with E-state index in [1.54, 1.807) is 0 Å². The lowest BCUT2D eigenvalue weighted by Gasteiger charge is -2.35. The van der Waals surface area contributed by atoms with Crippen LogP contribution in [0.15, 0.2) is 29.2 Å². The average Bonchev–Trinajstić information content (AvgIpc) is 2.89. The van der Waals surface area contributed by atoms with Gasteiger partial charge in [0.05, 0.1) is 17.6 Å². The summed E-state index contributed by atoms with van der Waals surface area (Å²) in [4.78, 5) is 2.22. The number of nitrogens with zero attached hydrogens (tertiary/aromatic N) is 2. The molecule has 5 nitrogen and oxygen atoms in total. The zero-order chi connectivity index (χ0) is 16.6. The lowest BCUT2D eigenvalue weighted by Crippen LogP contribution is -2.46. The van der Waals surface area contributed by atoms with E-state index < -0.39 is 15.8 Å². The zero-order valence-electron chi connectivity index (χ0n) is 13.5. The summed E-state index contributed by atoms with van der Waals surface area (Å²) >= 11 is 0. The van der Waals surface area contributed by atoms with Crippen molar-refractivity contribution in [2.75, 3.05) is 40.3 Å². The number of sulfonamides is 1. The van der Waals surface area contributed by atoms with Crippen molar-refractivity contribution in [3.63, 3.8) is 0 Å². The molecule has 2 aliphatic heterocycles. The molecule has 2 aliphatic rings. The van der Waals surface area contributed by atoms with Gasteiger partial charge in [-0.1, -0.05) is 0 Å². The van der Waals surface area contributed by atoms with Crippen LogP contribution in [0.1, 0.15) is 6.42 Å². The quantitative estimate of drug-likeness (QED) is 0.830. The Balaban J connectivity index is 1.77. The molecule has 0 unspecified atom stereocenters. The van der Waals surface area contributed by atoms with Gasteiger partial charge in [0.1, 0.15) is 5.82 Å². The lowest BCUT2D eigenvalue weighted by molar-refractivity contribution is 0.0638. The topological polar surface area (TPSA) is 49.9 Å². The van der Waals surface area contributed by atoms with Crippen LogP contribution in [0.4, 0.5) is 4.39 Å². The van der Waals surface area contributed by atoms with Gasteiger partial charge in [0, 0.05) is 25.6 Å². The Hall–Kier alpha value is -1.02. The largest absolute Gasteiger partial charge is 0.376 e. The first-order valence-corrected chi connectivity index (χ1v) is 9.34. The van der Waals surface area contributed by atoms with E-state index >= 15 is 0 Å². The van der Waals surface area contributed by atoms with Crippen LogP contribution in [0.2, 0.25) is 0 Å². The summed E-state index contributed by atoms with van der Waals surface area (Å²) in [5.41, 5.74) is 0. The minimum Gasteiger partial charge on any atom is -0.376 e. The summed E-state index contributed by atoms with van der Waals surface area (Å²) in [6.07, 6.45) is 0.885. The highest BCUT2D eigenvalue weighted by Crippen LogP contribution is 2.36. The molecule has 0 radical (unpaired) electrons. The Morgan fingerprint density at radius 2 is 2.00 bits per heavy atom. The number of piperidine rings is 1. The predicted octanol–water partition coefficient (Wildman–Crippen LogP) is 1.41. The molecule has 2 heterocycles. The molecule has 1 aromatic rings. The fraction of sp³-hybridized carbons (Fsp3) is 0.625. The number of ether oxygens (including phenoxy) is 1. The second kappa shape index (κ2) is 6.47. The molecule has 3 atom stereocenters. The number of hydrogen-bond acceptors (Lipinski definition) is 4. The molecule has 0 bridgehead atoms. The van der Waals surface area contributed by atoms with Crippen molar-refractivity contribution < 1.29 is 17.5 Å². The van der Waals surface area contributed by atoms with Crippen LogP contribution in [-0.2, 0) is 14.8 Å². The van der Waals surface area contributed by atoms with Crippen LogP contribution in [0.3, 0.4) is 0 Å². The van der Waals surface area contributed by atoms with E-state index in [0.717, 1.165) is 13.0 Å². The smallest absolute Gasteiger partial charge is 0.243 e. The zero-order valence-corrected chi connectivity index (χ0v) is 14.3. The third kappa shape index (κ3) is 3.42. The van der Waals surface area contributed by atoms with Crippen molar-refractivity contribution in [2.45, 2.75) is 17.4 Å². The summed E-state index contributed by atoms with van der Waals surface area (Å²) in [5.74, 6) is 0.221. The normalized spacial score (nSPS) is 29.0. The molecular formula is C16H23FN2O3S. The Labute approximate surface area is 137 Å². The van der Waals surface area contributed by atoms with Gasteiger partial charge in [0.2, 0.25) is 10.0 Å². The second-order valence-electron chi connectivity index (χ2n) is 6.66. The highest BCUT2D eigenvalue weighted by atomic mass is 32.2. The number of hydrogen-bond donors (Lipinski definition) is 0. The molecule has 23 heavy (non-hydrogen) atoms. The van der Waals surface area contributed by atoms with Crippen molar-refractivity contribution in [3.8, 4) is 0 Å². The molecule has 128 valence electrons. The van der Waals surface area contributed by atoms with Gasteiger partial charge in [0.15, 0.2) is 0 Å². The van der Waals surface area contributed by atoms with Crippen molar-refractivity contribution >= 4 is 10.0 Å². The van der Waals surface area contributed by atoms with Gasteiger partial charge in [-0.05, 0) is 50.7 Å². The van der Waals surface area contributed by atoms with Gasteiger partial charge in [-0.25, -0.2) is 12.8 Å². The number of halogens is 1. The van der Waals surface area contributed by atoms with E-state index in [9.17, 15) is 12.8 Å². The second-order valence-corrected chi connectivity index (χ2v) is 8.60. The maximum Gasteiger partial charge on any atom is 0.243 e. The van der Waals surface area contributed by atoms with Gasteiger partial charge in [0.25, 0.3) is 0 Å². The standard InChI is InChI=1S/C16H23FN2O3S/c1-18(2)10-16-15-9-19(8-7-12(15)11-22-16)23(20,21)14-5-3-13(17)4-6-14/h3-6,12,15-16H,7-11H2,1-2H3/t12-,15-,16+/m1/s1. The first-order chi connectivity index (χ1) is 10.9. The predicted molar refractivity (Wildman–Crippen MR) is 85.0 cm³/mol. The SMILES string of the molecule is CN(C)C[C@@H]1OC[C@H]2CCN(S(=O)(=O)c3ccc(F)cc3)C[C@H]21. The number of likely N-dealkylation sites (N-methyl/N-ethyl adjacent to an activating group) is 1. The lowest BCUT2D eigenvalue weighted by atomic mass is 9.85. The van der Waals surface area contributed by atoms with Crippen molar-refractivity contribution in [1.82, 2.24) is 9.21 Å². The molecule has 0 aliphatic carbocycles. The highest BCUT2D eigenvalue weighted by Gasteiger charge is 2.43. The maximum absolute atomic E-state index is 13.0. The summed E-state index contributed by atoms with van der Waals surface area (Å²) in [6, 6.07) is 5.04. The molecule has 1 aromatic carbocycles. The fourth-order valence-corrected chi connectivity index (χ4v) is 5.01. The van der Waals surface area contributed by atoms with Crippen molar-refractivity contribution in [1.29, 1.82) is 0 Å². The summed E-state index contributed by atoms with van der Waals surface area (Å²) < 4.78 is 46.0. The van der Waals surface area contributed by atoms with E-state index in [1.165, 1.54) is 28.6 Å². The van der Waals surface area contributed by atoms with Gasteiger partial charge in [-0.2, -0.15) is 4.31 Å². The molecule has 0 spiro atoms.